The van der Waals surface area contributed by atoms with Crippen molar-refractivity contribution >= 4 is 5.96 Å². The Morgan fingerprint density at radius 1 is 1.65 bits per heavy atom. The van der Waals surface area contributed by atoms with Gasteiger partial charge in [-0.3, -0.25) is 4.68 Å². The fourth-order valence-corrected chi connectivity index (χ4v) is 2.39. The van der Waals surface area contributed by atoms with Crippen molar-refractivity contribution in [2.75, 3.05) is 33.4 Å². The van der Waals surface area contributed by atoms with E-state index >= 15 is 0 Å². The zero-order chi connectivity index (χ0) is 14.4. The summed E-state index contributed by atoms with van der Waals surface area (Å²) < 4.78 is 7.23. The molecule has 1 aromatic heterocycles. The van der Waals surface area contributed by atoms with Crippen LogP contribution in [0.3, 0.4) is 0 Å². The van der Waals surface area contributed by atoms with Gasteiger partial charge in [0, 0.05) is 51.5 Å². The van der Waals surface area contributed by atoms with Gasteiger partial charge >= 0.3 is 0 Å². The molecule has 1 unspecified atom stereocenters. The maximum absolute atomic E-state index is 5.43. The Morgan fingerprint density at radius 3 is 3.10 bits per heavy atom. The van der Waals surface area contributed by atoms with E-state index < -0.39 is 0 Å². The molecule has 1 aromatic rings. The summed E-state index contributed by atoms with van der Waals surface area (Å²) in [4.78, 5) is 6.87. The van der Waals surface area contributed by atoms with Crippen LogP contribution in [-0.2, 0) is 18.3 Å². The summed E-state index contributed by atoms with van der Waals surface area (Å²) in [6.45, 7) is 6.36. The molecular formula is C14H25N5O. The van der Waals surface area contributed by atoms with Crippen molar-refractivity contribution in [3.05, 3.63) is 18.0 Å². The predicted octanol–water partition coefficient (Wildman–Crippen LogP) is 0.854. The Bertz CT molecular complexity index is 437. The third-order valence-electron chi connectivity index (χ3n) is 3.42. The first-order chi connectivity index (χ1) is 9.69. The van der Waals surface area contributed by atoms with E-state index in [0.717, 1.165) is 44.2 Å². The average Bonchev–Trinajstić information content (AvgIpc) is 3.06. The van der Waals surface area contributed by atoms with Gasteiger partial charge in [-0.05, 0) is 13.3 Å². The second kappa shape index (κ2) is 7.28. The largest absolute Gasteiger partial charge is 0.381 e. The number of nitrogens with one attached hydrogen (secondary N) is 1. The molecule has 2 rings (SSSR count). The number of nitrogens with zero attached hydrogens (tertiary/aromatic N) is 4. The fraction of sp³-hybridized carbons (Fsp3) is 0.714. The molecular weight excluding hydrogens is 254 g/mol. The third kappa shape index (κ3) is 4.23. The summed E-state index contributed by atoms with van der Waals surface area (Å²) in [5, 5.41) is 7.51. The van der Waals surface area contributed by atoms with Gasteiger partial charge in [-0.1, -0.05) is 0 Å². The lowest BCUT2D eigenvalue weighted by Gasteiger charge is -2.24. The van der Waals surface area contributed by atoms with Crippen molar-refractivity contribution in [1.82, 2.24) is 20.0 Å². The van der Waals surface area contributed by atoms with Crippen molar-refractivity contribution in [2.45, 2.75) is 19.9 Å². The zero-order valence-corrected chi connectivity index (χ0v) is 12.7. The van der Waals surface area contributed by atoms with E-state index in [1.807, 2.05) is 19.4 Å². The van der Waals surface area contributed by atoms with Crippen LogP contribution in [0.15, 0.2) is 17.4 Å². The molecule has 1 atom stereocenters. The van der Waals surface area contributed by atoms with Crippen LogP contribution in [0.5, 0.6) is 0 Å². The average molecular weight is 279 g/mol. The molecule has 0 radical (unpaired) electrons. The molecule has 0 bridgehead atoms. The van der Waals surface area contributed by atoms with Crippen molar-refractivity contribution < 1.29 is 4.74 Å². The van der Waals surface area contributed by atoms with Crippen molar-refractivity contribution in [3.8, 4) is 0 Å². The highest BCUT2D eigenvalue weighted by atomic mass is 16.5. The smallest absolute Gasteiger partial charge is 0.193 e. The van der Waals surface area contributed by atoms with E-state index in [1.165, 1.54) is 0 Å². The van der Waals surface area contributed by atoms with Gasteiger partial charge in [0.15, 0.2) is 5.96 Å². The lowest BCUT2D eigenvalue weighted by Crippen LogP contribution is -2.41. The molecule has 1 aliphatic heterocycles. The Morgan fingerprint density at radius 2 is 2.50 bits per heavy atom. The summed E-state index contributed by atoms with van der Waals surface area (Å²) >= 11 is 0. The van der Waals surface area contributed by atoms with E-state index in [4.69, 9.17) is 4.74 Å². The van der Waals surface area contributed by atoms with E-state index in [0.29, 0.717) is 12.5 Å². The summed E-state index contributed by atoms with van der Waals surface area (Å²) in [5.74, 6) is 1.56. The first-order valence-corrected chi connectivity index (χ1v) is 7.23. The summed E-state index contributed by atoms with van der Waals surface area (Å²) in [6, 6.07) is 0. The SMILES string of the molecule is CCNC(=NCc1cnn(C)c1)N(C)CC1CCOC1. The van der Waals surface area contributed by atoms with Gasteiger partial charge < -0.3 is 15.0 Å². The molecule has 1 aliphatic rings. The minimum atomic E-state index is 0.613. The van der Waals surface area contributed by atoms with Crippen LogP contribution in [0.4, 0.5) is 0 Å². The summed E-state index contributed by atoms with van der Waals surface area (Å²) in [5.41, 5.74) is 1.13. The molecule has 1 saturated heterocycles. The first kappa shape index (κ1) is 14.8. The molecule has 20 heavy (non-hydrogen) atoms. The number of hydrogen-bond donors (Lipinski definition) is 1. The molecule has 112 valence electrons. The standard InChI is InChI=1S/C14H25N5O/c1-4-15-14(16-7-13-8-17-19(3)10-13)18(2)9-12-5-6-20-11-12/h8,10,12H,4-7,9,11H2,1-3H3,(H,15,16). The van der Waals surface area contributed by atoms with Gasteiger partial charge in [0.25, 0.3) is 0 Å². The molecule has 0 saturated carbocycles. The fourth-order valence-electron chi connectivity index (χ4n) is 2.39. The van der Waals surface area contributed by atoms with Crippen LogP contribution in [0.2, 0.25) is 0 Å². The predicted molar refractivity (Wildman–Crippen MR) is 79.6 cm³/mol. The zero-order valence-electron chi connectivity index (χ0n) is 12.7. The Hall–Kier alpha value is -1.56. The molecule has 1 N–H and O–H groups in total. The number of aromatic nitrogens is 2. The Labute approximate surface area is 120 Å². The minimum absolute atomic E-state index is 0.613. The third-order valence-corrected chi connectivity index (χ3v) is 3.42. The van der Waals surface area contributed by atoms with Gasteiger partial charge in [0.1, 0.15) is 0 Å². The summed E-state index contributed by atoms with van der Waals surface area (Å²) in [7, 11) is 4.01. The van der Waals surface area contributed by atoms with Crippen LogP contribution >= 0.6 is 0 Å². The molecule has 6 heteroatoms. The maximum atomic E-state index is 5.43. The first-order valence-electron chi connectivity index (χ1n) is 7.23. The molecule has 0 spiro atoms. The highest BCUT2D eigenvalue weighted by molar-refractivity contribution is 5.79. The number of hydrogen-bond acceptors (Lipinski definition) is 3. The second-order valence-corrected chi connectivity index (χ2v) is 5.30. The number of aryl methyl sites for hydroxylation is 1. The van der Waals surface area contributed by atoms with E-state index in [1.54, 1.807) is 4.68 Å². The van der Waals surface area contributed by atoms with Gasteiger partial charge in [0.05, 0.1) is 19.3 Å². The molecule has 0 amide bonds. The topological polar surface area (TPSA) is 54.7 Å². The molecule has 2 heterocycles. The number of rotatable bonds is 5. The maximum Gasteiger partial charge on any atom is 0.193 e. The van der Waals surface area contributed by atoms with Crippen LogP contribution in [0.25, 0.3) is 0 Å². The van der Waals surface area contributed by atoms with Crippen LogP contribution in [-0.4, -0.2) is 54.0 Å². The molecule has 0 aliphatic carbocycles. The minimum Gasteiger partial charge on any atom is -0.381 e. The Balaban J connectivity index is 1.93. The van der Waals surface area contributed by atoms with E-state index in [9.17, 15) is 0 Å². The van der Waals surface area contributed by atoms with Gasteiger partial charge in [-0.15, -0.1) is 0 Å². The Kier molecular flexibility index (Phi) is 5.40. The lowest BCUT2D eigenvalue weighted by atomic mass is 10.1. The quantitative estimate of drug-likeness (QED) is 0.641. The van der Waals surface area contributed by atoms with Crippen LogP contribution in [0.1, 0.15) is 18.9 Å². The van der Waals surface area contributed by atoms with Gasteiger partial charge in [-0.2, -0.15) is 5.10 Å². The lowest BCUT2D eigenvalue weighted by molar-refractivity contribution is 0.181. The van der Waals surface area contributed by atoms with Crippen molar-refractivity contribution in [2.24, 2.45) is 18.0 Å². The summed E-state index contributed by atoms with van der Waals surface area (Å²) in [6.07, 6.45) is 5.00. The monoisotopic (exact) mass is 279 g/mol. The molecule has 1 fully saturated rings. The van der Waals surface area contributed by atoms with E-state index in [2.05, 4.69) is 34.3 Å². The normalized spacial score (nSPS) is 19.4. The van der Waals surface area contributed by atoms with Gasteiger partial charge in [-0.25, -0.2) is 4.99 Å². The highest BCUT2D eigenvalue weighted by Gasteiger charge is 2.18. The number of guanidine groups is 1. The van der Waals surface area contributed by atoms with Crippen molar-refractivity contribution in [3.63, 3.8) is 0 Å². The van der Waals surface area contributed by atoms with Crippen LogP contribution < -0.4 is 5.32 Å². The van der Waals surface area contributed by atoms with E-state index in [-0.39, 0.29) is 0 Å². The number of aliphatic imine (C=N–C) groups is 1. The van der Waals surface area contributed by atoms with Gasteiger partial charge in [0.2, 0.25) is 0 Å². The highest BCUT2D eigenvalue weighted by Crippen LogP contribution is 2.13. The molecule has 0 aromatic carbocycles. The second-order valence-electron chi connectivity index (χ2n) is 5.30. The van der Waals surface area contributed by atoms with Crippen molar-refractivity contribution in [1.29, 1.82) is 0 Å². The molecule has 6 nitrogen and oxygen atoms in total. The van der Waals surface area contributed by atoms with Crippen LogP contribution in [0, 0.1) is 5.92 Å². The number of ether oxygens (including phenoxy) is 1.